The smallest absolute Gasteiger partial charge is 0.340 e. The van der Waals surface area contributed by atoms with Crippen LogP contribution in [0.3, 0.4) is 0 Å². The van der Waals surface area contributed by atoms with Gasteiger partial charge in [0.05, 0.1) is 35.0 Å². The Bertz CT molecular complexity index is 1050. The topological polar surface area (TPSA) is 117 Å². The van der Waals surface area contributed by atoms with Crippen LogP contribution in [0, 0.1) is 11.3 Å². The zero-order chi connectivity index (χ0) is 21.4. The minimum Gasteiger partial charge on any atom is -0.452 e. The number of hydrogen-bond acceptors (Lipinski definition) is 7. The average molecular weight is 434 g/mol. The van der Waals surface area contributed by atoms with Crippen LogP contribution >= 0.6 is 11.8 Å². The van der Waals surface area contributed by atoms with Crippen LogP contribution in [-0.4, -0.2) is 46.0 Å². The first-order chi connectivity index (χ1) is 13.7. The molecule has 0 unspecified atom stereocenters. The van der Waals surface area contributed by atoms with E-state index in [9.17, 15) is 18.0 Å². The Morgan fingerprint density at radius 1 is 1.17 bits per heavy atom. The lowest BCUT2D eigenvalue weighted by Gasteiger charge is -2.19. The molecule has 152 valence electrons. The Morgan fingerprint density at radius 3 is 2.52 bits per heavy atom. The summed E-state index contributed by atoms with van der Waals surface area (Å²) in [5, 5.41) is 11.3. The van der Waals surface area contributed by atoms with E-state index in [1.807, 2.05) is 6.07 Å². The zero-order valence-corrected chi connectivity index (χ0v) is 17.4. The molecule has 0 heterocycles. The Kier molecular flexibility index (Phi) is 7.64. The van der Waals surface area contributed by atoms with Gasteiger partial charge >= 0.3 is 5.97 Å². The molecule has 0 aliphatic heterocycles. The molecule has 2 aromatic carbocycles. The Hall–Kier alpha value is -3.03. The number of para-hydroxylation sites is 2. The molecule has 0 radical (unpaired) electrons. The number of esters is 1. The third-order valence-electron chi connectivity index (χ3n) is 3.75. The van der Waals surface area contributed by atoms with Gasteiger partial charge in [-0.25, -0.2) is 13.2 Å². The molecule has 8 nitrogen and oxygen atoms in total. The third kappa shape index (κ3) is 6.23. The van der Waals surface area contributed by atoms with E-state index >= 15 is 0 Å². The summed E-state index contributed by atoms with van der Waals surface area (Å²) >= 11 is 1.27. The van der Waals surface area contributed by atoms with Crippen LogP contribution in [0.25, 0.3) is 0 Å². The molecular weight excluding hydrogens is 414 g/mol. The molecule has 0 saturated carbocycles. The molecule has 2 rings (SSSR count). The highest BCUT2D eigenvalue weighted by Crippen LogP contribution is 2.26. The van der Waals surface area contributed by atoms with Gasteiger partial charge in [0.2, 0.25) is 10.0 Å². The molecule has 0 spiro atoms. The Morgan fingerprint density at radius 2 is 1.83 bits per heavy atom. The number of amides is 1. The number of thioether (sulfide) groups is 1. The lowest BCUT2D eigenvalue weighted by molar-refractivity contribution is -0.119. The molecule has 2 aromatic rings. The monoisotopic (exact) mass is 433 g/mol. The van der Waals surface area contributed by atoms with Gasteiger partial charge in [0.15, 0.2) is 6.61 Å². The van der Waals surface area contributed by atoms with Gasteiger partial charge < -0.3 is 10.1 Å². The number of carbonyl (C=O) groups excluding carboxylic acids is 2. The number of sulfonamides is 1. The zero-order valence-electron chi connectivity index (χ0n) is 15.8. The second-order valence-electron chi connectivity index (χ2n) is 5.81. The standard InChI is InChI=1S/C19H19N3O5S2/c1-22(29(2,25)26)16-9-5-3-7-14(16)19(24)27-13-18(23)21-15-8-4-6-10-17(15)28-12-11-20/h3-10H,12-13H2,1-2H3,(H,21,23). The molecule has 0 aromatic heterocycles. The van der Waals surface area contributed by atoms with Crippen LogP contribution in [0.15, 0.2) is 53.4 Å². The molecule has 0 aliphatic carbocycles. The van der Waals surface area contributed by atoms with Crippen molar-refractivity contribution in [3.05, 3.63) is 54.1 Å². The summed E-state index contributed by atoms with van der Waals surface area (Å²) in [4.78, 5) is 25.3. The van der Waals surface area contributed by atoms with Gasteiger partial charge in [-0.15, -0.1) is 11.8 Å². The van der Waals surface area contributed by atoms with Gasteiger partial charge in [0.1, 0.15) is 0 Å². The number of hydrogen-bond donors (Lipinski definition) is 1. The summed E-state index contributed by atoms with van der Waals surface area (Å²) in [6.45, 7) is -0.549. The molecule has 1 N–H and O–H groups in total. The largest absolute Gasteiger partial charge is 0.452 e. The van der Waals surface area contributed by atoms with E-state index in [4.69, 9.17) is 10.00 Å². The summed E-state index contributed by atoms with van der Waals surface area (Å²) in [5.74, 6) is -1.15. The van der Waals surface area contributed by atoms with Gasteiger partial charge in [-0.05, 0) is 24.3 Å². The maximum Gasteiger partial charge on any atom is 0.340 e. The van der Waals surface area contributed by atoms with Gasteiger partial charge in [-0.1, -0.05) is 24.3 Å². The first-order valence-corrected chi connectivity index (χ1v) is 11.2. The number of ether oxygens (including phenoxy) is 1. The molecule has 10 heteroatoms. The lowest BCUT2D eigenvalue weighted by Crippen LogP contribution is -2.27. The van der Waals surface area contributed by atoms with E-state index in [-0.39, 0.29) is 17.0 Å². The predicted octanol–water partition coefficient (Wildman–Crippen LogP) is 2.49. The maximum absolute atomic E-state index is 12.4. The summed E-state index contributed by atoms with van der Waals surface area (Å²) in [6.07, 6.45) is 1.02. The average Bonchev–Trinajstić information content (AvgIpc) is 2.70. The van der Waals surface area contributed by atoms with Crippen LogP contribution in [-0.2, 0) is 19.6 Å². The maximum atomic E-state index is 12.4. The molecule has 0 atom stereocenters. The third-order valence-corrected chi connectivity index (χ3v) is 5.88. The summed E-state index contributed by atoms with van der Waals surface area (Å²) in [6, 6.07) is 15.0. The van der Waals surface area contributed by atoms with Crippen molar-refractivity contribution in [3.63, 3.8) is 0 Å². The summed E-state index contributed by atoms with van der Waals surface area (Å²) in [5.41, 5.74) is 0.683. The van der Waals surface area contributed by atoms with E-state index in [1.54, 1.807) is 36.4 Å². The number of anilines is 2. The second-order valence-corrected chi connectivity index (χ2v) is 8.85. The normalized spacial score (nSPS) is 10.7. The highest BCUT2D eigenvalue weighted by atomic mass is 32.2. The minimum absolute atomic E-state index is 0.0261. The minimum atomic E-state index is -3.58. The fourth-order valence-corrected chi connectivity index (χ4v) is 3.49. The van der Waals surface area contributed by atoms with Crippen LogP contribution in [0.2, 0.25) is 0 Å². The second kappa shape index (κ2) is 9.95. The predicted molar refractivity (Wildman–Crippen MR) is 111 cm³/mol. The fourth-order valence-electron chi connectivity index (χ4n) is 2.30. The molecule has 0 aliphatic rings. The van der Waals surface area contributed by atoms with E-state index in [0.717, 1.165) is 10.6 Å². The number of nitriles is 1. The van der Waals surface area contributed by atoms with E-state index in [0.29, 0.717) is 10.6 Å². The SMILES string of the molecule is CN(c1ccccc1C(=O)OCC(=O)Nc1ccccc1SCC#N)S(C)(=O)=O. The van der Waals surface area contributed by atoms with Crippen molar-refractivity contribution in [3.8, 4) is 6.07 Å². The van der Waals surface area contributed by atoms with Crippen molar-refractivity contribution in [2.45, 2.75) is 4.90 Å². The highest BCUT2D eigenvalue weighted by Gasteiger charge is 2.21. The van der Waals surface area contributed by atoms with Gasteiger partial charge in [0, 0.05) is 11.9 Å². The summed E-state index contributed by atoms with van der Waals surface area (Å²) < 4.78 is 29.6. The number of nitrogens with zero attached hydrogens (tertiary/aromatic N) is 2. The first kappa shape index (κ1) is 22.3. The molecular formula is C19H19N3O5S2. The van der Waals surface area contributed by atoms with Crippen LogP contribution in [0.4, 0.5) is 11.4 Å². The molecule has 29 heavy (non-hydrogen) atoms. The quantitative estimate of drug-likeness (QED) is 0.502. The van der Waals surface area contributed by atoms with Crippen LogP contribution in [0.1, 0.15) is 10.4 Å². The van der Waals surface area contributed by atoms with E-state index in [2.05, 4.69) is 5.32 Å². The van der Waals surface area contributed by atoms with Gasteiger partial charge in [-0.3, -0.25) is 9.10 Å². The Balaban J connectivity index is 2.06. The van der Waals surface area contributed by atoms with E-state index in [1.165, 1.54) is 30.9 Å². The highest BCUT2D eigenvalue weighted by molar-refractivity contribution is 7.99. The van der Waals surface area contributed by atoms with E-state index < -0.39 is 28.5 Å². The van der Waals surface area contributed by atoms with Crippen LogP contribution in [0.5, 0.6) is 0 Å². The van der Waals surface area contributed by atoms with Crippen molar-refractivity contribution in [2.75, 3.05) is 35.3 Å². The number of carbonyl (C=O) groups is 2. The number of nitrogens with one attached hydrogen (secondary N) is 1. The van der Waals surface area contributed by atoms with Crippen molar-refractivity contribution < 1.29 is 22.7 Å². The molecule has 0 bridgehead atoms. The molecule has 0 saturated heterocycles. The van der Waals surface area contributed by atoms with Crippen molar-refractivity contribution >= 4 is 45.0 Å². The fraction of sp³-hybridized carbons (Fsp3) is 0.211. The van der Waals surface area contributed by atoms with Crippen molar-refractivity contribution in [2.24, 2.45) is 0 Å². The van der Waals surface area contributed by atoms with Crippen molar-refractivity contribution in [1.82, 2.24) is 0 Å². The lowest BCUT2D eigenvalue weighted by atomic mass is 10.2. The van der Waals surface area contributed by atoms with Crippen molar-refractivity contribution in [1.29, 1.82) is 5.26 Å². The van der Waals surface area contributed by atoms with Gasteiger partial charge in [-0.2, -0.15) is 5.26 Å². The van der Waals surface area contributed by atoms with Crippen LogP contribution < -0.4 is 9.62 Å². The number of benzene rings is 2. The Labute approximate surface area is 173 Å². The molecule has 1 amide bonds. The first-order valence-electron chi connectivity index (χ1n) is 8.32. The summed E-state index contributed by atoms with van der Waals surface area (Å²) in [7, 11) is -2.25. The molecule has 0 fully saturated rings. The van der Waals surface area contributed by atoms with Gasteiger partial charge in [0.25, 0.3) is 5.91 Å². The number of rotatable bonds is 8.